The number of hydrogen-bond acceptors (Lipinski definition) is 4. The topological polar surface area (TPSA) is 95.5 Å². The van der Waals surface area contributed by atoms with E-state index in [-0.39, 0.29) is 18.4 Å². The predicted molar refractivity (Wildman–Crippen MR) is 75.0 cm³/mol. The maximum atomic E-state index is 11.5. The molecule has 0 rings (SSSR count). The van der Waals surface area contributed by atoms with Crippen molar-refractivity contribution in [2.75, 3.05) is 18.6 Å². The van der Waals surface area contributed by atoms with E-state index in [1.165, 1.54) is 0 Å². The Morgan fingerprint density at radius 2 is 1.84 bits per heavy atom. The highest BCUT2D eigenvalue weighted by Crippen LogP contribution is 2.04. The number of carboxylic acid groups (broad SMARTS) is 1. The standard InChI is InChI=1S/C12H22N2O4S/c1-8(2)6-9(12(17)18)14-11(16)7-13-10(15)4-5-19-3/h8-9H,4-7H2,1-3H3,(H,13,15)(H,14,16)(H,17,18)/t9-/m0/s1. The molecule has 0 aliphatic heterocycles. The van der Waals surface area contributed by atoms with Gasteiger partial charge in [-0.3, -0.25) is 9.59 Å². The molecule has 0 aromatic carbocycles. The van der Waals surface area contributed by atoms with Crippen LogP contribution >= 0.6 is 11.8 Å². The van der Waals surface area contributed by atoms with E-state index in [0.717, 1.165) is 0 Å². The predicted octanol–water partition coefficient (Wildman–Crippen LogP) is 0.471. The van der Waals surface area contributed by atoms with Crippen molar-refractivity contribution >= 4 is 29.5 Å². The van der Waals surface area contributed by atoms with Gasteiger partial charge in [0.25, 0.3) is 0 Å². The molecule has 7 heteroatoms. The van der Waals surface area contributed by atoms with Gasteiger partial charge in [-0.2, -0.15) is 11.8 Å². The van der Waals surface area contributed by atoms with Crippen molar-refractivity contribution in [2.45, 2.75) is 32.7 Å². The van der Waals surface area contributed by atoms with Gasteiger partial charge in [0.1, 0.15) is 6.04 Å². The van der Waals surface area contributed by atoms with E-state index in [4.69, 9.17) is 5.11 Å². The van der Waals surface area contributed by atoms with E-state index < -0.39 is 17.9 Å². The first kappa shape index (κ1) is 17.8. The molecule has 0 heterocycles. The molecule has 0 unspecified atom stereocenters. The third kappa shape index (κ3) is 9.35. The Bertz CT molecular complexity index is 321. The smallest absolute Gasteiger partial charge is 0.326 e. The van der Waals surface area contributed by atoms with Gasteiger partial charge in [-0.25, -0.2) is 4.79 Å². The minimum absolute atomic E-state index is 0.164. The first-order valence-corrected chi connectivity index (χ1v) is 7.54. The molecule has 0 fully saturated rings. The minimum atomic E-state index is -1.06. The van der Waals surface area contributed by atoms with Gasteiger partial charge in [-0.05, 0) is 18.6 Å². The Morgan fingerprint density at radius 3 is 2.32 bits per heavy atom. The summed E-state index contributed by atoms with van der Waals surface area (Å²) in [7, 11) is 0. The van der Waals surface area contributed by atoms with Crippen LogP contribution in [0.2, 0.25) is 0 Å². The molecule has 0 saturated carbocycles. The molecule has 3 N–H and O–H groups in total. The summed E-state index contributed by atoms with van der Waals surface area (Å²) < 4.78 is 0. The molecule has 19 heavy (non-hydrogen) atoms. The number of amides is 2. The molecule has 1 atom stereocenters. The van der Waals surface area contributed by atoms with Gasteiger partial charge in [0.05, 0.1) is 6.54 Å². The summed E-state index contributed by atoms with van der Waals surface area (Å²) in [6, 6.07) is -0.907. The second-order valence-electron chi connectivity index (χ2n) is 4.61. The van der Waals surface area contributed by atoms with Crippen LogP contribution in [0.15, 0.2) is 0 Å². The Kier molecular flexibility index (Phi) is 9.03. The highest BCUT2D eigenvalue weighted by atomic mass is 32.2. The number of carbonyl (C=O) groups excluding carboxylic acids is 2. The van der Waals surface area contributed by atoms with Crippen LogP contribution in [0.1, 0.15) is 26.7 Å². The molecule has 2 amide bonds. The fraction of sp³-hybridized carbons (Fsp3) is 0.750. The number of carbonyl (C=O) groups is 3. The third-order valence-corrected chi connectivity index (χ3v) is 2.93. The van der Waals surface area contributed by atoms with Crippen LogP contribution < -0.4 is 10.6 Å². The van der Waals surface area contributed by atoms with Crippen molar-refractivity contribution in [1.29, 1.82) is 0 Å². The van der Waals surface area contributed by atoms with Gasteiger partial charge >= 0.3 is 5.97 Å². The average Bonchev–Trinajstić information content (AvgIpc) is 2.32. The SMILES string of the molecule is CSCCC(=O)NCC(=O)N[C@@H](CC(C)C)C(=O)O. The summed E-state index contributed by atoms with van der Waals surface area (Å²) >= 11 is 1.55. The minimum Gasteiger partial charge on any atom is -0.480 e. The maximum absolute atomic E-state index is 11.5. The van der Waals surface area contributed by atoms with E-state index >= 15 is 0 Å². The van der Waals surface area contributed by atoms with Crippen LogP contribution in [0.3, 0.4) is 0 Å². The summed E-state index contributed by atoms with van der Waals surface area (Å²) in [5.41, 5.74) is 0. The lowest BCUT2D eigenvalue weighted by Crippen LogP contribution is -2.46. The van der Waals surface area contributed by atoms with Crippen molar-refractivity contribution in [3.63, 3.8) is 0 Å². The summed E-state index contributed by atoms with van der Waals surface area (Å²) in [5, 5.41) is 13.8. The molecule has 0 radical (unpaired) electrons. The number of rotatable bonds is 9. The highest BCUT2D eigenvalue weighted by Gasteiger charge is 2.20. The summed E-state index contributed by atoms with van der Waals surface area (Å²) in [5.74, 6) is -0.891. The van der Waals surface area contributed by atoms with Crippen molar-refractivity contribution in [1.82, 2.24) is 10.6 Å². The van der Waals surface area contributed by atoms with Gasteiger partial charge in [0.15, 0.2) is 0 Å². The lowest BCUT2D eigenvalue weighted by molar-refractivity contribution is -0.142. The molecule has 0 aliphatic rings. The second kappa shape index (κ2) is 9.66. The molecule has 6 nitrogen and oxygen atoms in total. The third-order valence-electron chi connectivity index (χ3n) is 2.32. The van der Waals surface area contributed by atoms with Crippen LogP contribution in [0.4, 0.5) is 0 Å². The van der Waals surface area contributed by atoms with Gasteiger partial charge < -0.3 is 15.7 Å². The average molecular weight is 290 g/mol. The number of carboxylic acids is 1. The number of nitrogens with one attached hydrogen (secondary N) is 2. The highest BCUT2D eigenvalue weighted by molar-refractivity contribution is 7.98. The van der Waals surface area contributed by atoms with Crippen molar-refractivity contribution in [3.05, 3.63) is 0 Å². The van der Waals surface area contributed by atoms with Crippen molar-refractivity contribution in [2.24, 2.45) is 5.92 Å². The molecule has 110 valence electrons. The lowest BCUT2D eigenvalue weighted by Gasteiger charge is -2.16. The first-order valence-electron chi connectivity index (χ1n) is 6.14. The van der Waals surface area contributed by atoms with E-state index in [1.54, 1.807) is 11.8 Å². The molecule has 0 bridgehead atoms. The van der Waals surface area contributed by atoms with Crippen LogP contribution in [0.5, 0.6) is 0 Å². The van der Waals surface area contributed by atoms with E-state index in [1.807, 2.05) is 20.1 Å². The zero-order valence-corrected chi connectivity index (χ0v) is 12.4. The zero-order valence-electron chi connectivity index (χ0n) is 11.6. The van der Waals surface area contributed by atoms with Crippen molar-refractivity contribution in [3.8, 4) is 0 Å². The van der Waals surface area contributed by atoms with Crippen LogP contribution in [0.25, 0.3) is 0 Å². The fourth-order valence-electron chi connectivity index (χ4n) is 1.40. The Morgan fingerprint density at radius 1 is 1.21 bits per heavy atom. The second-order valence-corrected chi connectivity index (χ2v) is 5.59. The largest absolute Gasteiger partial charge is 0.480 e. The summed E-state index contributed by atoms with van der Waals surface area (Å²) in [6.07, 6.45) is 2.60. The fourth-order valence-corrected chi connectivity index (χ4v) is 1.79. The van der Waals surface area contributed by atoms with Gasteiger partial charge in [0, 0.05) is 12.2 Å². The molecule has 0 aromatic heterocycles. The number of hydrogen-bond donors (Lipinski definition) is 3. The Labute approximate surface area is 117 Å². The first-order chi connectivity index (χ1) is 8.86. The molecule has 0 saturated heterocycles. The molecular formula is C12H22N2O4S. The summed E-state index contributed by atoms with van der Waals surface area (Å²) in [4.78, 5) is 33.8. The Balaban J connectivity index is 4.06. The summed E-state index contributed by atoms with van der Waals surface area (Å²) in [6.45, 7) is 3.58. The van der Waals surface area contributed by atoms with E-state index in [2.05, 4.69) is 10.6 Å². The van der Waals surface area contributed by atoms with Gasteiger partial charge in [-0.15, -0.1) is 0 Å². The van der Waals surface area contributed by atoms with Gasteiger partial charge in [-0.1, -0.05) is 13.8 Å². The molecular weight excluding hydrogens is 268 g/mol. The lowest BCUT2D eigenvalue weighted by atomic mass is 10.0. The van der Waals surface area contributed by atoms with E-state index in [0.29, 0.717) is 18.6 Å². The van der Waals surface area contributed by atoms with Crippen LogP contribution in [-0.4, -0.2) is 47.5 Å². The molecule has 0 spiro atoms. The monoisotopic (exact) mass is 290 g/mol. The van der Waals surface area contributed by atoms with Crippen LogP contribution in [0, 0.1) is 5.92 Å². The Hall–Kier alpha value is -1.24. The maximum Gasteiger partial charge on any atom is 0.326 e. The molecule has 0 aromatic rings. The van der Waals surface area contributed by atoms with Crippen LogP contribution in [-0.2, 0) is 14.4 Å². The van der Waals surface area contributed by atoms with E-state index in [9.17, 15) is 14.4 Å². The zero-order chi connectivity index (χ0) is 14.8. The normalized spacial score (nSPS) is 12.0. The molecule has 0 aliphatic carbocycles. The quantitative estimate of drug-likeness (QED) is 0.574. The number of aliphatic carboxylic acids is 1. The van der Waals surface area contributed by atoms with Gasteiger partial charge in [0.2, 0.25) is 11.8 Å². The number of thioether (sulfide) groups is 1. The van der Waals surface area contributed by atoms with Crippen molar-refractivity contribution < 1.29 is 19.5 Å².